The van der Waals surface area contributed by atoms with Gasteiger partial charge >= 0.3 is 0 Å². The number of benzene rings is 6. The van der Waals surface area contributed by atoms with Gasteiger partial charge in [-0.05, 0) is 113 Å². The number of nitrogens with zero attached hydrogens (tertiary/aromatic N) is 3. The SMILES string of the molecule is CCc1ccccc1-c1ccc(N(c2ccc(-c3cccnc3)cc2)c2ccc3c(c2)c2ccccc2n3-c2ccccc2)cc1CC. The predicted octanol–water partition coefficient (Wildman–Crippen LogP) is 12.1. The number of hydrogen-bond acceptors (Lipinski definition) is 2. The monoisotopic (exact) mass is 619 g/mol. The molecule has 0 radical (unpaired) electrons. The van der Waals surface area contributed by atoms with Crippen molar-refractivity contribution in [1.29, 1.82) is 0 Å². The van der Waals surface area contributed by atoms with E-state index >= 15 is 0 Å². The summed E-state index contributed by atoms with van der Waals surface area (Å²) >= 11 is 0. The second-order valence-corrected chi connectivity index (χ2v) is 12.2. The van der Waals surface area contributed by atoms with Crippen LogP contribution in [-0.2, 0) is 12.8 Å². The zero-order valence-electron chi connectivity index (χ0n) is 27.3. The molecule has 8 aromatic rings. The van der Waals surface area contributed by atoms with Gasteiger partial charge in [-0.3, -0.25) is 4.98 Å². The molecule has 6 aromatic carbocycles. The van der Waals surface area contributed by atoms with Crippen LogP contribution in [0.3, 0.4) is 0 Å². The smallest absolute Gasteiger partial charge is 0.0542 e. The molecule has 8 rings (SSSR count). The Kier molecular flexibility index (Phi) is 7.79. The normalized spacial score (nSPS) is 11.3. The van der Waals surface area contributed by atoms with Crippen molar-refractivity contribution in [3.8, 4) is 27.9 Å². The highest BCUT2D eigenvalue weighted by atomic mass is 15.1. The highest BCUT2D eigenvalue weighted by Crippen LogP contribution is 2.41. The lowest BCUT2D eigenvalue weighted by molar-refractivity contribution is 1.11. The van der Waals surface area contributed by atoms with E-state index in [0.717, 1.165) is 46.7 Å². The van der Waals surface area contributed by atoms with Crippen LogP contribution in [0.2, 0.25) is 0 Å². The molecule has 0 N–H and O–H groups in total. The molecule has 0 saturated heterocycles. The number of hydrogen-bond donors (Lipinski definition) is 0. The quantitative estimate of drug-likeness (QED) is 0.169. The van der Waals surface area contributed by atoms with Gasteiger partial charge in [-0.2, -0.15) is 0 Å². The van der Waals surface area contributed by atoms with Crippen LogP contribution in [0.4, 0.5) is 17.1 Å². The zero-order valence-corrected chi connectivity index (χ0v) is 27.3. The summed E-state index contributed by atoms with van der Waals surface area (Å²) in [5.41, 5.74) is 14.5. The van der Waals surface area contributed by atoms with E-state index in [1.54, 1.807) is 0 Å². The van der Waals surface area contributed by atoms with Gasteiger partial charge in [-0.1, -0.05) is 98.8 Å². The Labute approximate surface area is 282 Å². The van der Waals surface area contributed by atoms with Crippen LogP contribution in [0, 0.1) is 0 Å². The maximum atomic E-state index is 4.34. The lowest BCUT2D eigenvalue weighted by Gasteiger charge is -2.27. The van der Waals surface area contributed by atoms with E-state index in [-0.39, 0.29) is 0 Å². The Morgan fingerprint density at radius 3 is 1.96 bits per heavy atom. The summed E-state index contributed by atoms with van der Waals surface area (Å²) in [6.07, 6.45) is 5.69. The van der Waals surface area contributed by atoms with Gasteiger partial charge in [-0.15, -0.1) is 0 Å². The Morgan fingerprint density at radius 2 is 1.17 bits per heavy atom. The van der Waals surface area contributed by atoms with Crippen molar-refractivity contribution in [2.24, 2.45) is 0 Å². The molecule has 0 aliphatic rings. The number of para-hydroxylation sites is 2. The topological polar surface area (TPSA) is 21.1 Å². The van der Waals surface area contributed by atoms with Crippen molar-refractivity contribution in [2.75, 3.05) is 4.90 Å². The molecule has 48 heavy (non-hydrogen) atoms. The van der Waals surface area contributed by atoms with Gasteiger partial charge in [0.25, 0.3) is 0 Å². The Balaban J connectivity index is 1.32. The number of anilines is 3. The first-order valence-electron chi connectivity index (χ1n) is 16.8. The van der Waals surface area contributed by atoms with Crippen LogP contribution in [0.15, 0.2) is 164 Å². The average Bonchev–Trinajstić information content (AvgIpc) is 3.49. The molecule has 0 spiro atoms. The van der Waals surface area contributed by atoms with Gasteiger partial charge in [0.15, 0.2) is 0 Å². The van der Waals surface area contributed by atoms with Crippen LogP contribution in [-0.4, -0.2) is 9.55 Å². The van der Waals surface area contributed by atoms with Crippen LogP contribution >= 0.6 is 0 Å². The van der Waals surface area contributed by atoms with Crippen molar-refractivity contribution in [1.82, 2.24) is 9.55 Å². The first-order valence-corrected chi connectivity index (χ1v) is 16.8. The molecular formula is C45H37N3. The maximum Gasteiger partial charge on any atom is 0.0542 e. The Morgan fingerprint density at radius 1 is 0.500 bits per heavy atom. The van der Waals surface area contributed by atoms with E-state index in [0.29, 0.717) is 0 Å². The standard InChI is InChI=1S/C45H37N3/c1-3-32-13-8-9-17-40(32)41-26-24-38(29-33(41)4-2)47(37-22-20-34(21-23-37)35-14-12-28-46-31-35)39-25-27-45-43(30-39)42-18-10-11-19-44(42)48(45)36-15-6-5-7-16-36/h5-31H,3-4H2,1-2H3. The van der Waals surface area contributed by atoms with E-state index < -0.39 is 0 Å². The van der Waals surface area contributed by atoms with E-state index in [1.807, 2.05) is 18.5 Å². The lowest BCUT2D eigenvalue weighted by atomic mass is 9.92. The summed E-state index contributed by atoms with van der Waals surface area (Å²) < 4.78 is 2.37. The fourth-order valence-electron chi connectivity index (χ4n) is 7.10. The Bertz CT molecular complexity index is 2350. The summed E-state index contributed by atoms with van der Waals surface area (Å²) in [4.78, 5) is 6.74. The van der Waals surface area contributed by atoms with Gasteiger partial charge in [0.1, 0.15) is 0 Å². The van der Waals surface area contributed by atoms with Crippen molar-refractivity contribution in [2.45, 2.75) is 26.7 Å². The van der Waals surface area contributed by atoms with Crippen molar-refractivity contribution >= 4 is 38.9 Å². The summed E-state index contributed by atoms with van der Waals surface area (Å²) in [6, 6.07) is 55.0. The molecule has 0 bridgehead atoms. The first kappa shape index (κ1) is 29.5. The van der Waals surface area contributed by atoms with Crippen LogP contribution in [0.25, 0.3) is 49.7 Å². The van der Waals surface area contributed by atoms with E-state index in [2.05, 4.69) is 174 Å². The molecule has 0 fully saturated rings. The lowest BCUT2D eigenvalue weighted by Crippen LogP contribution is -2.10. The summed E-state index contributed by atoms with van der Waals surface area (Å²) in [5, 5.41) is 2.47. The largest absolute Gasteiger partial charge is 0.310 e. The fraction of sp³-hybridized carbons (Fsp3) is 0.0889. The van der Waals surface area contributed by atoms with Gasteiger partial charge in [0.05, 0.1) is 11.0 Å². The molecule has 0 amide bonds. The van der Waals surface area contributed by atoms with E-state index in [1.165, 1.54) is 44.1 Å². The number of fused-ring (bicyclic) bond motifs is 3. The molecule has 0 saturated carbocycles. The number of rotatable bonds is 8. The summed E-state index contributed by atoms with van der Waals surface area (Å²) in [7, 11) is 0. The molecule has 0 aliphatic carbocycles. The summed E-state index contributed by atoms with van der Waals surface area (Å²) in [6.45, 7) is 4.50. The molecule has 232 valence electrons. The number of pyridine rings is 1. The highest BCUT2D eigenvalue weighted by molar-refractivity contribution is 6.10. The first-order chi connectivity index (χ1) is 23.7. The molecule has 0 aliphatic heterocycles. The highest BCUT2D eigenvalue weighted by Gasteiger charge is 2.19. The van der Waals surface area contributed by atoms with Crippen molar-refractivity contribution in [3.63, 3.8) is 0 Å². The van der Waals surface area contributed by atoms with Gasteiger partial charge in [0, 0.05) is 45.9 Å². The van der Waals surface area contributed by atoms with Crippen molar-refractivity contribution in [3.05, 3.63) is 175 Å². The molecule has 0 unspecified atom stereocenters. The van der Waals surface area contributed by atoms with Gasteiger partial charge in [0.2, 0.25) is 0 Å². The molecule has 2 aromatic heterocycles. The minimum Gasteiger partial charge on any atom is -0.310 e. The van der Waals surface area contributed by atoms with E-state index in [4.69, 9.17) is 0 Å². The fourth-order valence-corrected chi connectivity index (χ4v) is 7.10. The van der Waals surface area contributed by atoms with E-state index in [9.17, 15) is 0 Å². The van der Waals surface area contributed by atoms with Crippen LogP contribution < -0.4 is 4.90 Å². The third-order valence-corrected chi connectivity index (χ3v) is 9.47. The van der Waals surface area contributed by atoms with Gasteiger partial charge in [-0.25, -0.2) is 0 Å². The van der Waals surface area contributed by atoms with Crippen molar-refractivity contribution < 1.29 is 0 Å². The molecule has 3 heteroatoms. The van der Waals surface area contributed by atoms with Crippen LogP contribution in [0.5, 0.6) is 0 Å². The third kappa shape index (κ3) is 5.24. The minimum atomic E-state index is 0.943. The minimum absolute atomic E-state index is 0.943. The second-order valence-electron chi connectivity index (χ2n) is 12.2. The van der Waals surface area contributed by atoms with Gasteiger partial charge < -0.3 is 9.47 Å². The summed E-state index contributed by atoms with van der Waals surface area (Å²) in [5.74, 6) is 0. The third-order valence-electron chi connectivity index (χ3n) is 9.47. The van der Waals surface area contributed by atoms with Crippen LogP contribution in [0.1, 0.15) is 25.0 Å². The second kappa shape index (κ2) is 12.7. The predicted molar refractivity (Wildman–Crippen MR) is 203 cm³/mol. The molecule has 0 atom stereocenters. The maximum absolute atomic E-state index is 4.34. The average molecular weight is 620 g/mol. The molecule has 3 nitrogen and oxygen atoms in total. The number of aryl methyl sites for hydroxylation is 2. The Hall–Kier alpha value is -5.93. The molecular weight excluding hydrogens is 583 g/mol. The molecule has 2 heterocycles. The zero-order chi connectivity index (χ0) is 32.5. The number of aromatic nitrogens is 2.